The Morgan fingerprint density at radius 3 is 2.66 bits per heavy atom. The number of aryl methyl sites for hydroxylation is 1. The molecule has 1 aliphatic heterocycles. The molecule has 0 spiro atoms. The first-order valence-corrected chi connectivity index (χ1v) is 12.7. The number of β-amino-alcohol motifs (C(OH)–C–C–N with tert-alkyl or cyclic N) is 1. The molecule has 1 aromatic carbocycles. The molecule has 0 saturated carbocycles. The normalized spacial score (nSPS) is 14.4. The van der Waals surface area contributed by atoms with Crippen LogP contribution in [0.5, 0.6) is 0 Å². The summed E-state index contributed by atoms with van der Waals surface area (Å²) >= 11 is 7.44. The van der Waals surface area contributed by atoms with Crippen LogP contribution in [0, 0.1) is 6.92 Å². The average Bonchev–Trinajstić information content (AvgIpc) is 3.30. The lowest BCUT2D eigenvalue weighted by Crippen LogP contribution is -2.47. The number of rotatable bonds is 8. The molecule has 10 nitrogen and oxygen atoms in total. The van der Waals surface area contributed by atoms with Gasteiger partial charge < -0.3 is 15.3 Å². The molecule has 0 atom stereocenters. The highest BCUT2D eigenvalue weighted by atomic mass is 35.5. The van der Waals surface area contributed by atoms with E-state index in [1.54, 1.807) is 6.07 Å². The molecule has 3 N–H and O–H groups in total. The molecule has 4 rings (SSSR count). The van der Waals surface area contributed by atoms with E-state index in [0.29, 0.717) is 45.0 Å². The van der Waals surface area contributed by atoms with E-state index in [4.69, 9.17) is 11.6 Å². The average molecular weight is 517 g/mol. The minimum atomic E-state index is -0.285. The maximum atomic E-state index is 12.8. The van der Waals surface area contributed by atoms with Crippen LogP contribution in [0.3, 0.4) is 0 Å². The van der Waals surface area contributed by atoms with Crippen molar-refractivity contribution in [1.82, 2.24) is 24.8 Å². The first-order valence-electron chi connectivity index (χ1n) is 11.5. The molecule has 3 aromatic rings. The van der Waals surface area contributed by atoms with Crippen LogP contribution in [0.25, 0.3) is 0 Å². The third-order valence-electron chi connectivity index (χ3n) is 5.64. The first kappa shape index (κ1) is 25.2. The molecule has 1 amide bonds. The number of carbonyl (C=O) groups excluding carboxylic acids is 1. The van der Waals surface area contributed by atoms with Gasteiger partial charge in [0.2, 0.25) is 11.9 Å². The largest absolute Gasteiger partial charge is 0.395 e. The highest BCUT2D eigenvalue weighted by Crippen LogP contribution is 2.28. The fourth-order valence-electron chi connectivity index (χ4n) is 3.65. The summed E-state index contributed by atoms with van der Waals surface area (Å²) in [7, 11) is 0. The molecular formula is C23H29ClN8O2S. The third-order valence-corrected chi connectivity index (χ3v) is 6.86. The van der Waals surface area contributed by atoms with Crippen LogP contribution in [0.1, 0.15) is 40.8 Å². The van der Waals surface area contributed by atoms with E-state index in [9.17, 15) is 9.90 Å². The van der Waals surface area contributed by atoms with Crippen LogP contribution in [-0.4, -0.2) is 75.2 Å². The number of aliphatic hydroxyl groups excluding tert-OH is 1. The summed E-state index contributed by atoms with van der Waals surface area (Å²) < 4.78 is 0. The topological polar surface area (TPSA) is 119 Å². The zero-order valence-electron chi connectivity index (χ0n) is 20.0. The number of hydrogen-bond acceptors (Lipinski definition) is 10. The number of nitrogens with one attached hydrogen (secondary N) is 2. The van der Waals surface area contributed by atoms with E-state index in [1.165, 1.54) is 17.5 Å². The van der Waals surface area contributed by atoms with Gasteiger partial charge in [0.25, 0.3) is 5.91 Å². The van der Waals surface area contributed by atoms with Crippen LogP contribution in [0.15, 0.2) is 24.4 Å². The van der Waals surface area contributed by atoms with Crippen molar-refractivity contribution >= 4 is 51.6 Å². The van der Waals surface area contributed by atoms with Crippen molar-refractivity contribution in [1.29, 1.82) is 0 Å². The van der Waals surface area contributed by atoms with Gasteiger partial charge >= 0.3 is 0 Å². The Hall–Kier alpha value is -2.86. The van der Waals surface area contributed by atoms with Crippen molar-refractivity contribution in [2.45, 2.75) is 26.7 Å². The Bertz CT molecular complexity index is 1160. The zero-order chi connectivity index (χ0) is 24.9. The van der Waals surface area contributed by atoms with E-state index in [1.807, 2.05) is 32.9 Å². The second-order valence-corrected chi connectivity index (χ2v) is 10.0. The minimum absolute atomic E-state index is 0.115. The number of nitrogens with zero attached hydrogens (tertiary/aromatic N) is 6. The molecule has 0 aliphatic carbocycles. The van der Waals surface area contributed by atoms with Crippen molar-refractivity contribution in [2.75, 3.05) is 54.9 Å². The predicted octanol–water partition coefficient (Wildman–Crippen LogP) is 3.52. The third kappa shape index (κ3) is 6.23. The smallest absolute Gasteiger partial charge is 0.267 e. The molecule has 1 fully saturated rings. The summed E-state index contributed by atoms with van der Waals surface area (Å²) in [5, 5.41) is 16.2. The minimum Gasteiger partial charge on any atom is -0.395 e. The van der Waals surface area contributed by atoms with E-state index in [0.717, 1.165) is 31.7 Å². The van der Waals surface area contributed by atoms with Crippen molar-refractivity contribution in [3.63, 3.8) is 0 Å². The molecule has 35 heavy (non-hydrogen) atoms. The summed E-state index contributed by atoms with van der Waals surface area (Å²) in [6.45, 7) is 9.99. The fourth-order valence-corrected chi connectivity index (χ4v) is 4.62. The van der Waals surface area contributed by atoms with Crippen molar-refractivity contribution in [2.24, 2.45) is 0 Å². The van der Waals surface area contributed by atoms with Crippen LogP contribution in [-0.2, 0) is 0 Å². The van der Waals surface area contributed by atoms with Gasteiger partial charge in [0.05, 0.1) is 23.5 Å². The number of halogens is 1. The molecule has 12 heteroatoms. The highest BCUT2D eigenvalue weighted by molar-refractivity contribution is 7.17. The lowest BCUT2D eigenvalue weighted by Gasteiger charge is -2.34. The number of piperazine rings is 1. The van der Waals surface area contributed by atoms with Gasteiger partial charge in [-0.3, -0.25) is 15.0 Å². The van der Waals surface area contributed by atoms with Gasteiger partial charge in [0.1, 0.15) is 10.7 Å². The Morgan fingerprint density at radius 1 is 1.20 bits per heavy atom. The summed E-state index contributed by atoms with van der Waals surface area (Å²) in [5.74, 6) is 1.51. The molecular weight excluding hydrogens is 488 g/mol. The molecule has 1 aliphatic rings. The van der Waals surface area contributed by atoms with Crippen LogP contribution < -0.4 is 15.5 Å². The molecule has 2 aromatic heterocycles. The second-order valence-electron chi connectivity index (χ2n) is 8.56. The van der Waals surface area contributed by atoms with Crippen molar-refractivity contribution in [3.8, 4) is 0 Å². The van der Waals surface area contributed by atoms with Gasteiger partial charge in [-0.1, -0.05) is 48.9 Å². The summed E-state index contributed by atoms with van der Waals surface area (Å²) in [6, 6.07) is 5.46. The SMILES string of the molecule is Cc1cccc(Cl)c1NC(=O)c1cnc(Nc2nc(C(C)C)nc(N3CCN(CCO)CC3)n2)s1. The fraction of sp³-hybridized carbons (Fsp3) is 0.435. The molecule has 0 radical (unpaired) electrons. The molecule has 3 heterocycles. The maximum absolute atomic E-state index is 12.8. The Morgan fingerprint density at radius 2 is 1.97 bits per heavy atom. The summed E-state index contributed by atoms with van der Waals surface area (Å²) in [5.41, 5.74) is 1.47. The Kier molecular flexibility index (Phi) is 8.11. The number of amides is 1. The van der Waals surface area contributed by atoms with E-state index < -0.39 is 0 Å². The number of aliphatic hydroxyl groups is 1. The van der Waals surface area contributed by atoms with Gasteiger partial charge in [-0.25, -0.2) is 4.98 Å². The zero-order valence-corrected chi connectivity index (χ0v) is 21.5. The van der Waals surface area contributed by atoms with Gasteiger partial charge in [-0.2, -0.15) is 15.0 Å². The number of hydrogen-bond donors (Lipinski definition) is 3. The Balaban J connectivity index is 1.49. The Labute approximate surface area is 213 Å². The molecule has 186 valence electrons. The van der Waals surface area contributed by atoms with E-state index in [2.05, 4.69) is 40.4 Å². The van der Waals surface area contributed by atoms with Gasteiger partial charge in [0, 0.05) is 38.6 Å². The summed E-state index contributed by atoms with van der Waals surface area (Å²) in [4.78, 5) is 35.7. The van der Waals surface area contributed by atoms with Gasteiger partial charge in [0.15, 0.2) is 5.13 Å². The van der Waals surface area contributed by atoms with Crippen molar-refractivity contribution < 1.29 is 9.90 Å². The lowest BCUT2D eigenvalue weighted by atomic mass is 10.2. The van der Waals surface area contributed by atoms with Crippen LogP contribution >= 0.6 is 22.9 Å². The van der Waals surface area contributed by atoms with Crippen LogP contribution in [0.4, 0.5) is 22.7 Å². The van der Waals surface area contributed by atoms with Crippen molar-refractivity contribution in [3.05, 3.63) is 45.7 Å². The number of carbonyl (C=O) groups is 1. The molecule has 0 bridgehead atoms. The second kappa shape index (κ2) is 11.3. The predicted molar refractivity (Wildman–Crippen MR) is 139 cm³/mol. The van der Waals surface area contributed by atoms with E-state index >= 15 is 0 Å². The lowest BCUT2D eigenvalue weighted by molar-refractivity contribution is 0.103. The number of aromatic nitrogens is 4. The molecule has 1 saturated heterocycles. The number of thiazole rings is 1. The number of benzene rings is 1. The summed E-state index contributed by atoms with van der Waals surface area (Å²) in [6.07, 6.45) is 1.51. The first-order chi connectivity index (χ1) is 16.8. The quantitative estimate of drug-likeness (QED) is 0.413. The standard InChI is InChI=1S/C23H29ClN8O2S/c1-14(2)19-27-21(29-22(28-19)32-9-7-31(8-10-32)11-12-33)30-23-25-13-17(35-23)20(34)26-18-15(3)5-4-6-16(18)24/h4-6,13-14,33H,7-12H2,1-3H3,(H,26,34)(H,25,27,28,29,30). The molecule has 0 unspecified atom stereocenters. The number of anilines is 4. The van der Waals surface area contributed by atoms with E-state index in [-0.39, 0.29) is 18.4 Å². The maximum Gasteiger partial charge on any atom is 0.267 e. The van der Waals surface area contributed by atoms with Gasteiger partial charge in [-0.05, 0) is 18.6 Å². The number of para-hydroxylation sites is 1. The highest BCUT2D eigenvalue weighted by Gasteiger charge is 2.21. The monoisotopic (exact) mass is 516 g/mol. The van der Waals surface area contributed by atoms with Crippen LogP contribution in [0.2, 0.25) is 5.02 Å². The van der Waals surface area contributed by atoms with Gasteiger partial charge in [-0.15, -0.1) is 0 Å².